The summed E-state index contributed by atoms with van der Waals surface area (Å²) >= 11 is 0. The number of rotatable bonds is 11. The average Bonchev–Trinajstić information content (AvgIpc) is 3.17. The molecule has 0 aromatic carbocycles. The van der Waals surface area contributed by atoms with Gasteiger partial charge in [-0.15, -0.1) is 0 Å². The lowest BCUT2D eigenvalue weighted by molar-refractivity contribution is -0.122. The molecule has 2 aromatic heterocycles. The summed E-state index contributed by atoms with van der Waals surface area (Å²) < 4.78 is 55.7. The Balaban J connectivity index is 1.17. The maximum absolute atomic E-state index is 15.5. The van der Waals surface area contributed by atoms with Crippen molar-refractivity contribution < 1.29 is 32.0 Å². The molecule has 36 heavy (non-hydrogen) atoms. The summed E-state index contributed by atoms with van der Waals surface area (Å²) in [6.45, 7) is 3.26. The van der Waals surface area contributed by atoms with Gasteiger partial charge in [0.05, 0.1) is 0 Å². The summed E-state index contributed by atoms with van der Waals surface area (Å²) in [6.07, 6.45) is 2.13. The molecule has 0 saturated heterocycles. The van der Waals surface area contributed by atoms with Crippen molar-refractivity contribution in [3.8, 4) is 11.8 Å². The number of aromatic nitrogens is 2. The topological polar surface area (TPSA) is 77.7 Å². The molecule has 7 nitrogen and oxygen atoms in total. The molecule has 10 heteroatoms. The van der Waals surface area contributed by atoms with E-state index < -0.39 is 18.7 Å². The Bertz CT molecular complexity index is 1010. The first-order valence-electron chi connectivity index (χ1n) is 12.7. The van der Waals surface area contributed by atoms with Crippen LogP contribution in [-0.4, -0.2) is 65.8 Å². The highest BCUT2D eigenvalue weighted by Gasteiger charge is 2.36. The van der Waals surface area contributed by atoms with Crippen LogP contribution in [0.3, 0.4) is 0 Å². The normalized spacial score (nSPS) is 22.8. The van der Waals surface area contributed by atoms with Crippen LogP contribution in [0.4, 0.5) is 13.2 Å². The number of alkyl halides is 3. The standard InChI is InChI=1S/C26H34F3N3O4/c1-18-14-25(31-36-18)34-16-21(33)15-19-4-8-26(29,9-5-19)10-13-32-11-6-20-2-3-24(35-17-23(27)28)30-22(20)7-12-32/h2-3,14,19,23H,4-13,15-17H2,1H3. The fourth-order valence-electron chi connectivity index (χ4n) is 5.02. The van der Waals surface area contributed by atoms with Gasteiger partial charge in [0.25, 0.3) is 12.3 Å². The zero-order valence-electron chi connectivity index (χ0n) is 20.7. The monoisotopic (exact) mass is 509 g/mol. The third-order valence-corrected chi connectivity index (χ3v) is 7.14. The minimum atomic E-state index is -2.53. The Morgan fingerprint density at radius 2 is 1.97 bits per heavy atom. The van der Waals surface area contributed by atoms with Gasteiger partial charge in [0, 0.05) is 50.3 Å². The van der Waals surface area contributed by atoms with E-state index in [1.165, 1.54) is 0 Å². The summed E-state index contributed by atoms with van der Waals surface area (Å²) in [6, 6.07) is 5.16. The quantitative estimate of drug-likeness (QED) is 0.433. The number of ketones is 1. The van der Waals surface area contributed by atoms with Crippen molar-refractivity contribution in [2.24, 2.45) is 5.92 Å². The number of carbonyl (C=O) groups is 1. The van der Waals surface area contributed by atoms with Crippen molar-refractivity contribution in [1.82, 2.24) is 15.0 Å². The van der Waals surface area contributed by atoms with Gasteiger partial charge >= 0.3 is 0 Å². The largest absolute Gasteiger partial charge is 0.472 e. The number of pyridine rings is 1. The third-order valence-electron chi connectivity index (χ3n) is 7.14. The van der Waals surface area contributed by atoms with Gasteiger partial charge in [-0.1, -0.05) is 6.07 Å². The fourth-order valence-corrected chi connectivity index (χ4v) is 5.02. The van der Waals surface area contributed by atoms with E-state index in [2.05, 4.69) is 15.0 Å². The Labute approximate surface area is 209 Å². The van der Waals surface area contributed by atoms with Crippen LogP contribution in [0.1, 0.15) is 55.5 Å². The van der Waals surface area contributed by atoms with E-state index in [4.69, 9.17) is 14.0 Å². The van der Waals surface area contributed by atoms with Gasteiger partial charge in [-0.2, -0.15) is 0 Å². The number of fused-ring (bicyclic) bond motifs is 1. The molecular formula is C26H34F3N3O4. The molecule has 1 fully saturated rings. The van der Waals surface area contributed by atoms with Crippen molar-refractivity contribution in [2.75, 3.05) is 32.8 Å². The molecule has 1 aliphatic carbocycles. The highest BCUT2D eigenvalue weighted by atomic mass is 19.3. The number of ether oxygens (including phenoxy) is 2. The molecule has 0 spiro atoms. The van der Waals surface area contributed by atoms with Crippen LogP contribution in [0, 0.1) is 12.8 Å². The maximum Gasteiger partial charge on any atom is 0.272 e. The Morgan fingerprint density at radius 1 is 1.19 bits per heavy atom. The molecule has 0 bridgehead atoms. The van der Waals surface area contributed by atoms with Crippen molar-refractivity contribution in [3.63, 3.8) is 0 Å². The molecule has 0 N–H and O–H groups in total. The second-order valence-corrected chi connectivity index (χ2v) is 9.95. The van der Waals surface area contributed by atoms with Crippen molar-refractivity contribution >= 4 is 5.78 Å². The van der Waals surface area contributed by atoms with Crippen LogP contribution in [0.25, 0.3) is 0 Å². The molecule has 0 radical (unpaired) electrons. The van der Waals surface area contributed by atoms with Gasteiger partial charge < -0.3 is 18.9 Å². The van der Waals surface area contributed by atoms with Crippen LogP contribution >= 0.6 is 0 Å². The summed E-state index contributed by atoms with van der Waals surface area (Å²) in [4.78, 5) is 18.9. The molecule has 0 atom stereocenters. The molecule has 198 valence electrons. The molecule has 4 rings (SSSR count). The first kappa shape index (κ1) is 26.4. The Kier molecular flexibility index (Phi) is 8.87. The van der Waals surface area contributed by atoms with Crippen molar-refractivity contribution in [2.45, 2.75) is 70.4 Å². The van der Waals surface area contributed by atoms with Crippen LogP contribution in [0.2, 0.25) is 0 Å². The summed E-state index contributed by atoms with van der Waals surface area (Å²) in [5, 5.41) is 3.71. The molecule has 0 unspecified atom stereocenters. The smallest absolute Gasteiger partial charge is 0.272 e. The second-order valence-electron chi connectivity index (χ2n) is 9.95. The summed E-state index contributed by atoms with van der Waals surface area (Å²) in [5.74, 6) is 1.33. The van der Waals surface area contributed by atoms with Gasteiger partial charge in [0.2, 0.25) is 5.88 Å². The number of halogens is 3. The molecule has 1 saturated carbocycles. The van der Waals surface area contributed by atoms with E-state index in [0.29, 0.717) is 63.1 Å². The number of hydrogen-bond acceptors (Lipinski definition) is 7. The lowest BCUT2D eigenvalue weighted by Gasteiger charge is -2.35. The van der Waals surface area contributed by atoms with Gasteiger partial charge in [0.15, 0.2) is 12.4 Å². The number of carbonyl (C=O) groups excluding carboxylic acids is 1. The molecule has 1 aliphatic heterocycles. The number of hydrogen-bond donors (Lipinski definition) is 0. The number of nitrogens with zero attached hydrogens (tertiary/aromatic N) is 3. The van der Waals surface area contributed by atoms with E-state index in [-0.39, 0.29) is 24.2 Å². The highest BCUT2D eigenvalue weighted by Crippen LogP contribution is 2.39. The van der Waals surface area contributed by atoms with E-state index in [0.717, 1.165) is 30.8 Å². The second kappa shape index (κ2) is 12.1. The van der Waals surface area contributed by atoms with Crippen LogP contribution in [0.15, 0.2) is 22.7 Å². The zero-order chi connectivity index (χ0) is 25.5. The van der Waals surface area contributed by atoms with E-state index in [1.54, 1.807) is 19.1 Å². The van der Waals surface area contributed by atoms with E-state index in [9.17, 15) is 13.6 Å². The summed E-state index contributed by atoms with van der Waals surface area (Å²) in [7, 11) is 0. The molecular weight excluding hydrogens is 475 g/mol. The fraction of sp³-hybridized carbons (Fsp3) is 0.654. The van der Waals surface area contributed by atoms with E-state index in [1.807, 2.05) is 6.07 Å². The minimum absolute atomic E-state index is 0.00693. The SMILES string of the molecule is Cc1cc(OCC(=O)CC2CCC(F)(CCN3CCc4ccc(OCC(F)F)nc4CC3)CC2)no1. The number of Topliss-reactive ketones (excluding diaryl/α,β-unsaturated/α-hetero) is 1. The third kappa shape index (κ3) is 7.69. The van der Waals surface area contributed by atoms with E-state index >= 15 is 4.39 Å². The molecule has 2 aromatic rings. The van der Waals surface area contributed by atoms with Crippen molar-refractivity contribution in [1.29, 1.82) is 0 Å². The lowest BCUT2D eigenvalue weighted by atomic mass is 9.76. The zero-order valence-corrected chi connectivity index (χ0v) is 20.7. The highest BCUT2D eigenvalue weighted by molar-refractivity contribution is 5.80. The molecule has 0 amide bonds. The average molecular weight is 510 g/mol. The van der Waals surface area contributed by atoms with Crippen molar-refractivity contribution in [3.05, 3.63) is 35.2 Å². The molecule has 3 heterocycles. The minimum Gasteiger partial charge on any atom is -0.472 e. The predicted molar refractivity (Wildman–Crippen MR) is 126 cm³/mol. The Hall–Kier alpha value is -2.62. The van der Waals surface area contributed by atoms with Crippen LogP contribution < -0.4 is 9.47 Å². The van der Waals surface area contributed by atoms with Gasteiger partial charge in [-0.05, 0) is 62.1 Å². The van der Waals surface area contributed by atoms with Gasteiger partial charge in [-0.3, -0.25) is 4.79 Å². The first-order chi connectivity index (χ1) is 17.3. The Morgan fingerprint density at radius 3 is 2.69 bits per heavy atom. The molecule has 2 aliphatic rings. The first-order valence-corrected chi connectivity index (χ1v) is 12.7. The van der Waals surface area contributed by atoms with Gasteiger partial charge in [0.1, 0.15) is 18.0 Å². The van der Waals surface area contributed by atoms with Gasteiger partial charge in [-0.25, -0.2) is 18.2 Å². The summed E-state index contributed by atoms with van der Waals surface area (Å²) in [5.41, 5.74) is 0.749. The van der Waals surface area contributed by atoms with Crippen LogP contribution in [-0.2, 0) is 17.6 Å². The lowest BCUT2D eigenvalue weighted by Crippen LogP contribution is -2.36. The predicted octanol–water partition coefficient (Wildman–Crippen LogP) is 4.75. The van der Waals surface area contributed by atoms with Crippen LogP contribution in [0.5, 0.6) is 11.8 Å². The number of aryl methyl sites for hydroxylation is 1. The maximum atomic E-state index is 15.5.